The lowest BCUT2D eigenvalue weighted by molar-refractivity contribution is 0.0276. The van der Waals surface area contributed by atoms with Gasteiger partial charge < -0.3 is 5.32 Å². The molecule has 1 heterocycles. The Labute approximate surface area is 101 Å². The van der Waals surface area contributed by atoms with Crippen molar-refractivity contribution in [3.05, 3.63) is 0 Å². The van der Waals surface area contributed by atoms with Gasteiger partial charge in [0, 0.05) is 31.2 Å². The molecule has 0 bridgehead atoms. The van der Waals surface area contributed by atoms with Crippen molar-refractivity contribution in [3.8, 4) is 0 Å². The van der Waals surface area contributed by atoms with Gasteiger partial charge in [0.1, 0.15) is 0 Å². The second-order valence-electron chi connectivity index (χ2n) is 7.02. The molecular weight excluding hydrogens is 196 g/mol. The second kappa shape index (κ2) is 4.30. The van der Waals surface area contributed by atoms with Gasteiger partial charge >= 0.3 is 0 Å². The lowest BCUT2D eigenvalue weighted by Crippen LogP contribution is -2.62. The first-order valence-electron chi connectivity index (χ1n) is 6.88. The summed E-state index contributed by atoms with van der Waals surface area (Å²) in [4.78, 5) is 2.72. The summed E-state index contributed by atoms with van der Waals surface area (Å²) in [7, 11) is 0. The summed E-state index contributed by atoms with van der Waals surface area (Å²) in [6.45, 7) is 14.2. The molecule has 1 aliphatic heterocycles. The molecule has 1 N–H and O–H groups in total. The molecular formula is C14H28N2. The molecule has 16 heavy (non-hydrogen) atoms. The number of hydrogen-bond acceptors (Lipinski definition) is 2. The highest BCUT2D eigenvalue weighted by Crippen LogP contribution is 2.36. The van der Waals surface area contributed by atoms with Crippen LogP contribution in [0.5, 0.6) is 0 Å². The van der Waals surface area contributed by atoms with Crippen molar-refractivity contribution in [1.82, 2.24) is 10.2 Å². The highest BCUT2D eigenvalue weighted by atomic mass is 15.3. The molecule has 0 radical (unpaired) electrons. The van der Waals surface area contributed by atoms with Crippen LogP contribution < -0.4 is 5.32 Å². The van der Waals surface area contributed by atoms with Gasteiger partial charge in [-0.05, 0) is 38.0 Å². The second-order valence-corrected chi connectivity index (χ2v) is 7.02. The Kier molecular flexibility index (Phi) is 3.33. The summed E-state index contributed by atoms with van der Waals surface area (Å²) in [6, 6.07) is 2.12. The van der Waals surface area contributed by atoms with Crippen LogP contribution in [0.15, 0.2) is 0 Å². The van der Waals surface area contributed by atoms with E-state index in [1.807, 2.05) is 0 Å². The Morgan fingerprint density at radius 2 is 1.81 bits per heavy atom. The smallest absolute Gasteiger partial charge is 0.0272 e. The molecule has 1 saturated carbocycles. The Morgan fingerprint density at radius 1 is 1.19 bits per heavy atom. The minimum absolute atomic E-state index is 0.381. The van der Waals surface area contributed by atoms with Crippen LogP contribution in [-0.4, -0.2) is 36.1 Å². The number of rotatable bonds is 2. The fourth-order valence-electron chi connectivity index (χ4n) is 2.99. The number of nitrogens with zero attached hydrogens (tertiary/aromatic N) is 1. The number of hydrogen-bond donors (Lipinski definition) is 1. The fraction of sp³-hybridized carbons (Fsp3) is 1.00. The van der Waals surface area contributed by atoms with Crippen LogP contribution in [-0.2, 0) is 0 Å². The van der Waals surface area contributed by atoms with Crippen LogP contribution in [0.3, 0.4) is 0 Å². The van der Waals surface area contributed by atoms with Crippen LogP contribution >= 0.6 is 0 Å². The van der Waals surface area contributed by atoms with Crippen LogP contribution in [0.4, 0.5) is 0 Å². The van der Waals surface area contributed by atoms with Crippen molar-refractivity contribution in [1.29, 1.82) is 0 Å². The van der Waals surface area contributed by atoms with Gasteiger partial charge in [-0.15, -0.1) is 0 Å². The average molecular weight is 224 g/mol. The monoisotopic (exact) mass is 224 g/mol. The predicted molar refractivity (Wildman–Crippen MR) is 69.6 cm³/mol. The van der Waals surface area contributed by atoms with Crippen LogP contribution in [0.1, 0.15) is 47.5 Å². The maximum atomic E-state index is 3.78. The summed E-state index contributed by atoms with van der Waals surface area (Å²) in [5, 5.41) is 3.78. The number of piperazine rings is 1. The van der Waals surface area contributed by atoms with E-state index < -0.39 is 0 Å². The van der Waals surface area contributed by atoms with E-state index in [9.17, 15) is 0 Å². The third-order valence-corrected chi connectivity index (χ3v) is 4.24. The zero-order chi connectivity index (χ0) is 11.9. The molecule has 0 spiro atoms. The van der Waals surface area contributed by atoms with E-state index in [1.54, 1.807) is 0 Å². The van der Waals surface area contributed by atoms with Crippen molar-refractivity contribution in [2.24, 2.45) is 11.3 Å². The summed E-state index contributed by atoms with van der Waals surface area (Å²) >= 11 is 0. The lowest BCUT2D eigenvalue weighted by atomic mass is 9.83. The molecule has 94 valence electrons. The highest BCUT2D eigenvalue weighted by molar-refractivity contribution is 4.98. The van der Waals surface area contributed by atoms with Crippen molar-refractivity contribution < 1.29 is 0 Å². The molecule has 1 aliphatic carbocycles. The molecule has 2 fully saturated rings. The molecule has 2 unspecified atom stereocenters. The first-order chi connectivity index (χ1) is 7.39. The van der Waals surface area contributed by atoms with Gasteiger partial charge in [-0.1, -0.05) is 20.8 Å². The molecule has 0 aromatic rings. The standard InChI is InChI=1S/C14H28N2/c1-10(2)16-9-12(11-6-7-11)15-8-13(16)14(3,4)5/h10-13,15H,6-9H2,1-5H3. The first-order valence-corrected chi connectivity index (χ1v) is 6.88. The molecule has 2 atom stereocenters. The zero-order valence-corrected chi connectivity index (χ0v) is 11.6. The minimum atomic E-state index is 0.381. The molecule has 2 aliphatic rings. The number of nitrogens with one attached hydrogen (secondary N) is 1. The van der Waals surface area contributed by atoms with E-state index in [4.69, 9.17) is 0 Å². The minimum Gasteiger partial charge on any atom is -0.311 e. The molecule has 0 aromatic carbocycles. The van der Waals surface area contributed by atoms with Crippen molar-refractivity contribution in [3.63, 3.8) is 0 Å². The molecule has 0 amide bonds. The van der Waals surface area contributed by atoms with Crippen molar-refractivity contribution >= 4 is 0 Å². The maximum Gasteiger partial charge on any atom is 0.0272 e. The summed E-state index contributed by atoms with van der Waals surface area (Å²) in [5.41, 5.74) is 0.381. The fourth-order valence-corrected chi connectivity index (χ4v) is 2.99. The SMILES string of the molecule is CC(C)N1CC(C2CC2)NCC1C(C)(C)C. The highest BCUT2D eigenvalue weighted by Gasteiger charge is 2.41. The maximum absolute atomic E-state index is 3.78. The van der Waals surface area contributed by atoms with Crippen LogP contribution in [0.2, 0.25) is 0 Å². The quantitative estimate of drug-likeness (QED) is 0.775. The van der Waals surface area contributed by atoms with E-state index in [0.717, 1.165) is 12.0 Å². The predicted octanol–water partition coefficient (Wildman–Crippen LogP) is 2.49. The molecule has 2 heteroatoms. The Morgan fingerprint density at radius 3 is 2.25 bits per heavy atom. The molecule has 2 nitrogen and oxygen atoms in total. The van der Waals surface area contributed by atoms with Crippen LogP contribution in [0, 0.1) is 11.3 Å². The van der Waals surface area contributed by atoms with E-state index in [0.29, 0.717) is 17.5 Å². The summed E-state index contributed by atoms with van der Waals surface area (Å²) < 4.78 is 0. The van der Waals surface area contributed by atoms with Gasteiger partial charge in [-0.2, -0.15) is 0 Å². The van der Waals surface area contributed by atoms with E-state index in [-0.39, 0.29) is 0 Å². The normalized spacial score (nSPS) is 33.4. The Balaban J connectivity index is 2.04. The van der Waals surface area contributed by atoms with E-state index in [2.05, 4.69) is 44.8 Å². The van der Waals surface area contributed by atoms with Crippen molar-refractivity contribution in [2.45, 2.75) is 65.6 Å². The third kappa shape index (κ3) is 2.60. The topological polar surface area (TPSA) is 15.3 Å². The summed E-state index contributed by atoms with van der Waals surface area (Å²) in [6.07, 6.45) is 2.90. The first kappa shape index (κ1) is 12.4. The van der Waals surface area contributed by atoms with Gasteiger partial charge in [0.2, 0.25) is 0 Å². The van der Waals surface area contributed by atoms with Gasteiger partial charge in [0.25, 0.3) is 0 Å². The Hall–Kier alpha value is -0.0800. The van der Waals surface area contributed by atoms with E-state index >= 15 is 0 Å². The third-order valence-electron chi connectivity index (χ3n) is 4.24. The van der Waals surface area contributed by atoms with Gasteiger partial charge in [-0.25, -0.2) is 0 Å². The lowest BCUT2D eigenvalue weighted by Gasteiger charge is -2.48. The molecule has 0 aromatic heterocycles. The average Bonchev–Trinajstić information content (AvgIpc) is 2.98. The molecule has 2 rings (SSSR count). The van der Waals surface area contributed by atoms with Crippen LogP contribution in [0.25, 0.3) is 0 Å². The van der Waals surface area contributed by atoms with E-state index in [1.165, 1.54) is 25.9 Å². The van der Waals surface area contributed by atoms with Gasteiger partial charge in [0.15, 0.2) is 0 Å². The van der Waals surface area contributed by atoms with Gasteiger partial charge in [0.05, 0.1) is 0 Å². The summed E-state index contributed by atoms with van der Waals surface area (Å²) in [5.74, 6) is 0.974. The van der Waals surface area contributed by atoms with Crippen molar-refractivity contribution in [2.75, 3.05) is 13.1 Å². The molecule has 1 saturated heterocycles. The largest absolute Gasteiger partial charge is 0.311 e. The Bertz CT molecular complexity index is 238. The zero-order valence-electron chi connectivity index (χ0n) is 11.6. The van der Waals surface area contributed by atoms with Gasteiger partial charge in [-0.3, -0.25) is 4.90 Å².